The first-order valence-corrected chi connectivity index (χ1v) is 16.3. The van der Waals surface area contributed by atoms with E-state index in [-0.39, 0.29) is 24.6 Å². The highest BCUT2D eigenvalue weighted by Crippen LogP contribution is 2.32. The average Bonchev–Trinajstić information content (AvgIpc) is 3.52. The van der Waals surface area contributed by atoms with Gasteiger partial charge in [-0.2, -0.15) is 0 Å². The number of amides is 2. The van der Waals surface area contributed by atoms with Gasteiger partial charge in [-0.1, -0.05) is 57.9 Å². The topological polar surface area (TPSA) is 71.1 Å². The van der Waals surface area contributed by atoms with Crippen molar-refractivity contribution < 1.29 is 19.1 Å². The summed E-state index contributed by atoms with van der Waals surface area (Å²) in [6.07, 6.45) is 7.82. The van der Waals surface area contributed by atoms with E-state index in [0.717, 1.165) is 50.0 Å². The number of anilines is 1. The van der Waals surface area contributed by atoms with Crippen LogP contribution in [0.25, 0.3) is 0 Å². The first-order valence-electron chi connectivity index (χ1n) is 16.3. The van der Waals surface area contributed by atoms with Crippen LogP contribution < -0.4 is 14.8 Å². The molecule has 0 bridgehead atoms. The Labute approximate surface area is 262 Å². The molecule has 2 amide bonds. The van der Waals surface area contributed by atoms with Crippen molar-refractivity contribution in [2.75, 3.05) is 31.7 Å². The molecule has 7 nitrogen and oxygen atoms in total. The monoisotopic (exact) mass is 597 g/mol. The lowest BCUT2D eigenvalue weighted by Crippen LogP contribution is -2.47. The standard InChI is InChI=1S/C37H47N3O4/c1-4-5-6-7-28-8-12-30(13-9-28)37(42)40(33-19-22-39(23-20-33)21-18-27(2)3)25-29-10-15-32(16-11-29)38-36(41)31-14-17-34-35(24-31)44-26-43-34/h8-17,24,27,33H,4-7,18-23,25-26H2,1-3H3,(H,38,41). The number of carbonyl (C=O) groups excluding carboxylic acids is 2. The number of aryl methyl sites for hydroxylation is 1. The molecule has 0 spiro atoms. The molecule has 0 aliphatic carbocycles. The van der Waals surface area contributed by atoms with Crippen molar-refractivity contribution in [1.82, 2.24) is 9.80 Å². The van der Waals surface area contributed by atoms with Gasteiger partial charge < -0.3 is 24.6 Å². The van der Waals surface area contributed by atoms with Crippen molar-refractivity contribution >= 4 is 17.5 Å². The molecule has 2 aliphatic rings. The molecular weight excluding hydrogens is 550 g/mol. The van der Waals surface area contributed by atoms with Gasteiger partial charge >= 0.3 is 0 Å². The number of nitrogens with zero attached hydrogens (tertiary/aromatic N) is 2. The van der Waals surface area contributed by atoms with Crippen LogP contribution in [0.2, 0.25) is 0 Å². The van der Waals surface area contributed by atoms with Crippen LogP contribution in [-0.2, 0) is 13.0 Å². The third-order valence-electron chi connectivity index (χ3n) is 8.75. The van der Waals surface area contributed by atoms with E-state index >= 15 is 0 Å². The number of fused-ring (bicyclic) bond motifs is 1. The number of hydrogen-bond donors (Lipinski definition) is 1. The van der Waals surface area contributed by atoms with Gasteiger partial charge in [0.25, 0.3) is 11.8 Å². The van der Waals surface area contributed by atoms with Crippen LogP contribution in [0.3, 0.4) is 0 Å². The summed E-state index contributed by atoms with van der Waals surface area (Å²) in [5.41, 5.74) is 4.29. The molecule has 2 heterocycles. The lowest BCUT2D eigenvalue weighted by Gasteiger charge is -2.39. The summed E-state index contributed by atoms with van der Waals surface area (Å²) in [4.78, 5) is 31.5. The minimum atomic E-state index is -0.213. The molecule has 0 unspecified atom stereocenters. The van der Waals surface area contributed by atoms with Crippen LogP contribution in [0.15, 0.2) is 66.7 Å². The highest BCUT2D eigenvalue weighted by atomic mass is 16.7. The first-order chi connectivity index (χ1) is 21.4. The second-order valence-electron chi connectivity index (χ2n) is 12.6. The summed E-state index contributed by atoms with van der Waals surface area (Å²) in [6, 6.07) is 21.4. The van der Waals surface area contributed by atoms with Gasteiger partial charge in [-0.3, -0.25) is 9.59 Å². The zero-order chi connectivity index (χ0) is 30.9. The molecule has 7 heteroatoms. The number of carbonyl (C=O) groups is 2. The smallest absolute Gasteiger partial charge is 0.255 e. The maximum Gasteiger partial charge on any atom is 0.255 e. The first kappa shape index (κ1) is 31.6. The molecule has 3 aromatic carbocycles. The van der Waals surface area contributed by atoms with Crippen molar-refractivity contribution in [3.63, 3.8) is 0 Å². The number of benzene rings is 3. The van der Waals surface area contributed by atoms with Gasteiger partial charge in [-0.25, -0.2) is 0 Å². The van der Waals surface area contributed by atoms with Gasteiger partial charge in [0.2, 0.25) is 6.79 Å². The van der Waals surface area contributed by atoms with Crippen LogP contribution in [0.1, 0.15) is 91.1 Å². The fraction of sp³-hybridized carbons (Fsp3) is 0.459. The maximum absolute atomic E-state index is 14.0. The summed E-state index contributed by atoms with van der Waals surface area (Å²) < 4.78 is 10.8. The Hall–Kier alpha value is -3.84. The molecular formula is C37H47N3O4. The van der Waals surface area contributed by atoms with Crippen LogP contribution in [0.5, 0.6) is 11.5 Å². The molecule has 0 radical (unpaired) electrons. The van der Waals surface area contributed by atoms with Crippen molar-refractivity contribution in [2.24, 2.45) is 5.92 Å². The quantitative estimate of drug-likeness (QED) is 0.206. The Balaban J connectivity index is 1.26. The molecule has 234 valence electrons. The molecule has 3 aromatic rings. The zero-order valence-corrected chi connectivity index (χ0v) is 26.5. The number of unbranched alkanes of at least 4 members (excludes halogenated alkanes) is 2. The SMILES string of the molecule is CCCCCc1ccc(C(=O)N(Cc2ccc(NC(=O)c3ccc4c(c3)OCO4)cc2)C2CCN(CCC(C)C)CC2)cc1. The molecule has 44 heavy (non-hydrogen) atoms. The fourth-order valence-corrected chi connectivity index (χ4v) is 5.95. The van der Waals surface area contributed by atoms with E-state index in [1.807, 2.05) is 36.4 Å². The predicted octanol–water partition coefficient (Wildman–Crippen LogP) is 7.55. The second kappa shape index (κ2) is 15.2. The molecule has 0 aromatic heterocycles. The van der Waals surface area contributed by atoms with Crippen LogP contribution >= 0.6 is 0 Å². The van der Waals surface area contributed by atoms with Crippen LogP contribution in [0.4, 0.5) is 5.69 Å². The van der Waals surface area contributed by atoms with Crippen molar-refractivity contribution in [1.29, 1.82) is 0 Å². The van der Waals surface area contributed by atoms with Crippen molar-refractivity contribution in [3.8, 4) is 11.5 Å². The summed E-state index contributed by atoms with van der Waals surface area (Å²) in [5, 5.41) is 2.97. The number of likely N-dealkylation sites (tertiary alicyclic amines) is 1. The Bertz CT molecular complexity index is 1380. The van der Waals surface area contributed by atoms with Crippen molar-refractivity contribution in [3.05, 3.63) is 89.0 Å². The van der Waals surface area contributed by atoms with Crippen LogP contribution in [-0.4, -0.2) is 54.1 Å². The minimum Gasteiger partial charge on any atom is -0.454 e. The molecule has 2 aliphatic heterocycles. The summed E-state index contributed by atoms with van der Waals surface area (Å²) in [7, 11) is 0. The average molecular weight is 598 g/mol. The largest absolute Gasteiger partial charge is 0.454 e. The normalized spacial score (nSPS) is 15.0. The van der Waals surface area contributed by atoms with E-state index in [1.165, 1.54) is 31.2 Å². The maximum atomic E-state index is 14.0. The summed E-state index contributed by atoms with van der Waals surface area (Å²) >= 11 is 0. The lowest BCUT2D eigenvalue weighted by molar-refractivity contribution is 0.0546. The van der Waals surface area contributed by atoms with E-state index in [4.69, 9.17) is 9.47 Å². The third kappa shape index (κ3) is 8.41. The minimum absolute atomic E-state index is 0.0888. The van der Waals surface area contributed by atoms with Gasteiger partial charge in [0.15, 0.2) is 11.5 Å². The number of nitrogens with one attached hydrogen (secondary N) is 1. The van der Waals surface area contributed by atoms with E-state index < -0.39 is 0 Å². The number of piperidine rings is 1. The number of hydrogen-bond acceptors (Lipinski definition) is 5. The predicted molar refractivity (Wildman–Crippen MR) is 175 cm³/mol. The van der Waals surface area contributed by atoms with Crippen molar-refractivity contribution in [2.45, 2.75) is 78.3 Å². The summed E-state index contributed by atoms with van der Waals surface area (Å²) in [5.74, 6) is 1.80. The second-order valence-corrected chi connectivity index (χ2v) is 12.6. The Morgan fingerprint density at radius 2 is 1.57 bits per heavy atom. The Kier molecular flexibility index (Phi) is 10.9. The zero-order valence-electron chi connectivity index (χ0n) is 26.5. The Morgan fingerprint density at radius 3 is 2.27 bits per heavy atom. The van der Waals surface area contributed by atoms with Gasteiger partial charge in [-0.05, 0) is 98.2 Å². The molecule has 5 rings (SSSR count). The van der Waals surface area contributed by atoms with Gasteiger partial charge in [0.05, 0.1) is 0 Å². The molecule has 0 saturated carbocycles. The van der Waals surface area contributed by atoms with Gasteiger partial charge in [0.1, 0.15) is 0 Å². The highest BCUT2D eigenvalue weighted by molar-refractivity contribution is 6.04. The lowest BCUT2D eigenvalue weighted by atomic mass is 9.99. The van der Waals surface area contributed by atoms with E-state index in [0.29, 0.717) is 35.2 Å². The van der Waals surface area contributed by atoms with E-state index in [2.05, 4.69) is 48.0 Å². The fourth-order valence-electron chi connectivity index (χ4n) is 5.95. The number of rotatable bonds is 13. The van der Waals surface area contributed by atoms with Gasteiger partial charge in [0, 0.05) is 42.5 Å². The number of ether oxygens (including phenoxy) is 2. The van der Waals surface area contributed by atoms with E-state index in [1.54, 1.807) is 18.2 Å². The molecule has 0 atom stereocenters. The highest BCUT2D eigenvalue weighted by Gasteiger charge is 2.29. The van der Waals surface area contributed by atoms with Gasteiger partial charge in [-0.15, -0.1) is 0 Å². The van der Waals surface area contributed by atoms with Crippen LogP contribution in [0, 0.1) is 5.92 Å². The molecule has 1 fully saturated rings. The molecule has 1 N–H and O–H groups in total. The molecule has 1 saturated heterocycles. The Morgan fingerprint density at radius 1 is 0.886 bits per heavy atom. The van der Waals surface area contributed by atoms with E-state index in [9.17, 15) is 9.59 Å². The summed E-state index contributed by atoms with van der Waals surface area (Å²) in [6.45, 7) is 10.6. The third-order valence-corrected chi connectivity index (χ3v) is 8.75.